The predicted molar refractivity (Wildman–Crippen MR) is 88.3 cm³/mol. The summed E-state index contributed by atoms with van der Waals surface area (Å²) in [6, 6.07) is 9.93. The van der Waals surface area contributed by atoms with Crippen molar-refractivity contribution in [1.82, 2.24) is 5.32 Å². The van der Waals surface area contributed by atoms with Crippen molar-refractivity contribution in [3.05, 3.63) is 68.1 Å². The largest absolute Gasteiger partial charge is 0.310 e. The number of hydrogen-bond acceptors (Lipinski definition) is 1. The summed E-state index contributed by atoms with van der Waals surface area (Å²) < 4.78 is 29.6. The van der Waals surface area contributed by atoms with E-state index in [1.807, 2.05) is 31.2 Å². The highest BCUT2D eigenvalue weighted by molar-refractivity contribution is 9.10. The molecule has 0 fully saturated rings. The van der Waals surface area contributed by atoms with Crippen LogP contribution in [0.1, 0.15) is 24.1 Å². The predicted octanol–water partition coefficient (Wildman–Crippen LogP) is 5.38. The fraction of sp³-hybridized carbons (Fsp3) is 0.250. The third-order valence-corrected chi connectivity index (χ3v) is 4.18. The Bertz CT molecular complexity index is 591. The van der Waals surface area contributed by atoms with Crippen LogP contribution in [0.25, 0.3) is 0 Å². The lowest BCUT2D eigenvalue weighted by atomic mass is 9.98. The monoisotopic (exact) mass is 417 g/mol. The Kier molecular flexibility index (Phi) is 5.90. The highest BCUT2D eigenvalue weighted by atomic mass is 79.9. The molecule has 0 aliphatic carbocycles. The van der Waals surface area contributed by atoms with Crippen molar-refractivity contribution in [2.45, 2.75) is 19.4 Å². The van der Waals surface area contributed by atoms with Gasteiger partial charge in [0.1, 0.15) is 11.6 Å². The molecule has 2 aromatic carbocycles. The molecule has 0 aromatic heterocycles. The first-order valence-electron chi connectivity index (χ1n) is 6.63. The van der Waals surface area contributed by atoms with E-state index in [1.54, 1.807) is 0 Å². The van der Waals surface area contributed by atoms with Crippen molar-refractivity contribution in [2.75, 3.05) is 6.54 Å². The number of benzene rings is 2. The Labute approximate surface area is 140 Å². The van der Waals surface area contributed by atoms with Crippen LogP contribution in [0.2, 0.25) is 0 Å². The number of rotatable bonds is 5. The summed E-state index contributed by atoms with van der Waals surface area (Å²) in [7, 11) is 0. The van der Waals surface area contributed by atoms with Crippen LogP contribution in [0.4, 0.5) is 8.78 Å². The SMILES string of the molecule is CCNC(Cc1ccc(Br)cc1)c1c(F)cc(Br)cc1F. The zero-order valence-electron chi connectivity index (χ0n) is 11.5. The van der Waals surface area contributed by atoms with Crippen molar-refractivity contribution >= 4 is 31.9 Å². The molecule has 0 amide bonds. The summed E-state index contributed by atoms with van der Waals surface area (Å²) in [5, 5.41) is 3.16. The molecule has 0 aliphatic heterocycles. The first-order chi connectivity index (χ1) is 10.0. The van der Waals surface area contributed by atoms with Gasteiger partial charge in [-0.1, -0.05) is 50.9 Å². The van der Waals surface area contributed by atoms with Gasteiger partial charge < -0.3 is 5.32 Å². The minimum Gasteiger partial charge on any atom is -0.310 e. The molecular formula is C16H15Br2F2N. The second-order valence-corrected chi connectivity index (χ2v) is 6.56. The molecule has 2 rings (SSSR count). The molecule has 112 valence electrons. The van der Waals surface area contributed by atoms with Gasteiger partial charge in [0, 0.05) is 20.6 Å². The first kappa shape index (κ1) is 16.6. The third-order valence-electron chi connectivity index (χ3n) is 3.20. The zero-order chi connectivity index (χ0) is 15.4. The quantitative estimate of drug-likeness (QED) is 0.686. The van der Waals surface area contributed by atoms with E-state index in [2.05, 4.69) is 37.2 Å². The molecule has 0 saturated carbocycles. The molecule has 0 bridgehead atoms. The maximum absolute atomic E-state index is 14.1. The van der Waals surface area contributed by atoms with Gasteiger partial charge in [0.2, 0.25) is 0 Å². The first-order valence-corrected chi connectivity index (χ1v) is 8.22. The molecule has 21 heavy (non-hydrogen) atoms. The van der Waals surface area contributed by atoms with Crippen molar-refractivity contribution in [2.24, 2.45) is 0 Å². The highest BCUT2D eigenvalue weighted by Crippen LogP contribution is 2.27. The number of hydrogen-bond donors (Lipinski definition) is 1. The van der Waals surface area contributed by atoms with Crippen LogP contribution in [0.15, 0.2) is 45.3 Å². The Morgan fingerprint density at radius 2 is 1.57 bits per heavy atom. The lowest BCUT2D eigenvalue weighted by Gasteiger charge is -2.20. The van der Waals surface area contributed by atoms with Gasteiger partial charge in [-0.2, -0.15) is 0 Å². The van der Waals surface area contributed by atoms with E-state index in [1.165, 1.54) is 12.1 Å². The molecule has 1 unspecified atom stereocenters. The van der Waals surface area contributed by atoms with E-state index in [-0.39, 0.29) is 5.56 Å². The van der Waals surface area contributed by atoms with Gasteiger partial charge >= 0.3 is 0 Å². The molecule has 0 heterocycles. The van der Waals surface area contributed by atoms with Crippen molar-refractivity contribution < 1.29 is 8.78 Å². The maximum Gasteiger partial charge on any atom is 0.132 e. The lowest BCUT2D eigenvalue weighted by molar-refractivity contribution is 0.472. The molecule has 1 N–H and O–H groups in total. The van der Waals surface area contributed by atoms with E-state index in [0.717, 1.165) is 10.0 Å². The second kappa shape index (κ2) is 7.47. The Morgan fingerprint density at radius 1 is 1.00 bits per heavy atom. The third kappa shape index (κ3) is 4.34. The van der Waals surface area contributed by atoms with Gasteiger partial charge in [0.05, 0.1) is 0 Å². The average molecular weight is 419 g/mol. The minimum absolute atomic E-state index is 0.0861. The topological polar surface area (TPSA) is 12.0 Å². The second-order valence-electron chi connectivity index (χ2n) is 4.72. The van der Waals surface area contributed by atoms with Crippen molar-refractivity contribution in [1.29, 1.82) is 0 Å². The van der Waals surface area contributed by atoms with Gasteiger partial charge in [-0.25, -0.2) is 8.78 Å². The summed E-state index contributed by atoms with van der Waals surface area (Å²) in [6.45, 7) is 2.55. The van der Waals surface area contributed by atoms with Gasteiger partial charge in [0.25, 0.3) is 0 Å². The van der Waals surface area contributed by atoms with Crippen LogP contribution in [0, 0.1) is 11.6 Å². The van der Waals surface area contributed by atoms with Gasteiger partial charge in [-0.15, -0.1) is 0 Å². The average Bonchev–Trinajstić information content (AvgIpc) is 2.40. The van der Waals surface area contributed by atoms with Crippen molar-refractivity contribution in [3.63, 3.8) is 0 Å². The van der Waals surface area contributed by atoms with Crippen LogP contribution < -0.4 is 5.32 Å². The molecular weight excluding hydrogens is 404 g/mol. The molecule has 5 heteroatoms. The van der Waals surface area contributed by atoms with Crippen LogP contribution in [-0.2, 0) is 6.42 Å². The zero-order valence-corrected chi connectivity index (χ0v) is 14.6. The molecule has 0 spiro atoms. The van der Waals surface area contributed by atoms with Crippen LogP contribution in [0.5, 0.6) is 0 Å². The summed E-state index contributed by atoms with van der Waals surface area (Å²) >= 11 is 6.48. The van der Waals surface area contributed by atoms with E-state index in [9.17, 15) is 8.78 Å². The lowest BCUT2D eigenvalue weighted by Crippen LogP contribution is -2.25. The van der Waals surface area contributed by atoms with Crippen LogP contribution in [0.3, 0.4) is 0 Å². The fourth-order valence-electron chi connectivity index (χ4n) is 2.27. The summed E-state index contributed by atoms with van der Waals surface area (Å²) in [6.07, 6.45) is 0.524. The molecule has 0 radical (unpaired) electrons. The number of likely N-dealkylation sites (N-methyl/N-ethyl adjacent to an activating group) is 1. The smallest absolute Gasteiger partial charge is 0.132 e. The number of nitrogens with one attached hydrogen (secondary N) is 1. The van der Waals surface area contributed by atoms with Gasteiger partial charge in [0.15, 0.2) is 0 Å². The molecule has 1 nitrogen and oxygen atoms in total. The summed E-state index contributed by atoms with van der Waals surface area (Å²) in [5.41, 5.74) is 1.11. The summed E-state index contributed by atoms with van der Waals surface area (Å²) in [5.74, 6) is -1.07. The Hall–Kier alpha value is -0.780. The Balaban J connectivity index is 2.33. The van der Waals surface area contributed by atoms with E-state index < -0.39 is 17.7 Å². The molecule has 2 aromatic rings. The van der Waals surface area contributed by atoms with E-state index in [0.29, 0.717) is 17.4 Å². The Morgan fingerprint density at radius 3 is 2.10 bits per heavy atom. The number of halogens is 4. The van der Waals surface area contributed by atoms with Crippen molar-refractivity contribution in [3.8, 4) is 0 Å². The van der Waals surface area contributed by atoms with Gasteiger partial charge in [-0.3, -0.25) is 0 Å². The molecule has 0 saturated heterocycles. The van der Waals surface area contributed by atoms with E-state index >= 15 is 0 Å². The standard InChI is InChI=1S/C16H15Br2F2N/c1-2-21-15(7-10-3-5-11(17)6-4-10)16-13(19)8-12(18)9-14(16)20/h3-6,8-9,15,21H,2,7H2,1H3. The maximum atomic E-state index is 14.1. The highest BCUT2D eigenvalue weighted by Gasteiger charge is 2.20. The summed E-state index contributed by atoms with van der Waals surface area (Å²) in [4.78, 5) is 0. The fourth-order valence-corrected chi connectivity index (χ4v) is 2.93. The van der Waals surface area contributed by atoms with E-state index in [4.69, 9.17) is 0 Å². The molecule has 1 atom stereocenters. The minimum atomic E-state index is -0.537. The van der Waals surface area contributed by atoms with Crippen LogP contribution >= 0.6 is 31.9 Å². The van der Waals surface area contributed by atoms with Crippen LogP contribution in [-0.4, -0.2) is 6.54 Å². The normalized spacial score (nSPS) is 12.4. The van der Waals surface area contributed by atoms with Gasteiger partial charge in [-0.05, 0) is 42.8 Å². The molecule has 0 aliphatic rings.